The lowest BCUT2D eigenvalue weighted by Gasteiger charge is -2.24. The zero-order valence-electron chi connectivity index (χ0n) is 10.3. The largest absolute Gasteiger partial charge is 0.377 e. The van der Waals surface area contributed by atoms with Gasteiger partial charge in [0.25, 0.3) is 0 Å². The zero-order chi connectivity index (χ0) is 12.5. The number of hydrogen-bond acceptors (Lipinski definition) is 3. The van der Waals surface area contributed by atoms with Gasteiger partial charge in [0.2, 0.25) is 0 Å². The fourth-order valence-corrected chi connectivity index (χ4v) is 1.82. The number of aldehydes is 1. The van der Waals surface area contributed by atoms with Crippen LogP contribution in [0.3, 0.4) is 0 Å². The monoisotopic (exact) mass is 232 g/mol. The maximum Gasteiger partial charge on any atom is 0.166 e. The van der Waals surface area contributed by atoms with Crippen LogP contribution in [0.2, 0.25) is 0 Å². The van der Waals surface area contributed by atoms with Crippen molar-refractivity contribution in [1.29, 1.82) is 0 Å². The van der Waals surface area contributed by atoms with E-state index < -0.39 is 0 Å². The highest BCUT2D eigenvalue weighted by molar-refractivity contribution is 5.86. The van der Waals surface area contributed by atoms with Gasteiger partial charge in [-0.15, -0.1) is 0 Å². The molecule has 4 heteroatoms. The molecule has 0 saturated carbocycles. The summed E-state index contributed by atoms with van der Waals surface area (Å²) in [5.74, 6) is 0. The lowest BCUT2D eigenvalue weighted by Crippen LogP contribution is -2.29. The molecule has 0 atom stereocenters. The van der Waals surface area contributed by atoms with Crippen molar-refractivity contribution < 1.29 is 9.53 Å². The van der Waals surface area contributed by atoms with Crippen molar-refractivity contribution in [2.45, 2.75) is 26.0 Å². The Morgan fingerprint density at radius 3 is 2.94 bits per heavy atom. The molecule has 0 amide bonds. The first kappa shape index (κ1) is 11.8. The number of ether oxygens (including phenoxy) is 1. The van der Waals surface area contributed by atoms with Crippen molar-refractivity contribution in [2.75, 3.05) is 7.11 Å². The van der Waals surface area contributed by atoms with Crippen LogP contribution < -0.4 is 0 Å². The molecule has 2 aromatic heterocycles. The van der Waals surface area contributed by atoms with Crippen molar-refractivity contribution in [2.24, 2.45) is 0 Å². The summed E-state index contributed by atoms with van der Waals surface area (Å²) in [4.78, 5) is 15.4. The number of carbonyl (C=O) groups excluding carboxylic acids is 1. The number of carbonyl (C=O) groups is 1. The Morgan fingerprint density at radius 1 is 1.53 bits per heavy atom. The van der Waals surface area contributed by atoms with Gasteiger partial charge in [-0.1, -0.05) is 0 Å². The second kappa shape index (κ2) is 4.30. The van der Waals surface area contributed by atoms with E-state index in [1.807, 2.05) is 36.6 Å². The molecule has 0 saturated heterocycles. The van der Waals surface area contributed by atoms with Gasteiger partial charge < -0.3 is 9.30 Å². The Labute approximate surface area is 100 Å². The van der Waals surface area contributed by atoms with Crippen LogP contribution >= 0.6 is 0 Å². The second-order valence-electron chi connectivity index (χ2n) is 4.65. The molecule has 0 aliphatic heterocycles. The fourth-order valence-electron chi connectivity index (χ4n) is 1.82. The van der Waals surface area contributed by atoms with E-state index in [4.69, 9.17) is 4.74 Å². The lowest BCUT2D eigenvalue weighted by atomic mass is 10.1. The molecule has 0 aromatic carbocycles. The molecule has 0 aliphatic carbocycles. The smallest absolute Gasteiger partial charge is 0.166 e. The SMILES string of the molecule is COC(C)(C)Cn1c(C=O)cc2cccnc21. The van der Waals surface area contributed by atoms with Gasteiger partial charge in [0.1, 0.15) is 5.65 Å². The first-order chi connectivity index (χ1) is 8.07. The maximum absolute atomic E-state index is 11.1. The van der Waals surface area contributed by atoms with Crippen LogP contribution in [-0.4, -0.2) is 28.5 Å². The van der Waals surface area contributed by atoms with Gasteiger partial charge in [0.05, 0.1) is 17.8 Å². The molecule has 2 heterocycles. The van der Waals surface area contributed by atoms with E-state index in [0.29, 0.717) is 12.2 Å². The minimum atomic E-state index is -0.332. The highest BCUT2D eigenvalue weighted by Crippen LogP contribution is 2.20. The summed E-state index contributed by atoms with van der Waals surface area (Å²) in [7, 11) is 1.67. The summed E-state index contributed by atoms with van der Waals surface area (Å²) in [5, 5.41) is 0.974. The number of methoxy groups -OCH3 is 1. The van der Waals surface area contributed by atoms with E-state index in [1.54, 1.807) is 13.3 Å². The van der Waals surface area contributed by atoms with E-state index >= 15 is 0 Å². The van der Waals surface area contributed by atoms with Gasteiger partial charge in [-0.2, -0.15) is 0 Å². The molecule has 0 radical (unpaired) electrons. The third-order valence-corrected chi connectivity index (χ3v) is 2.90. The predicted octanol–water partition coefficient (Wildman–Crippen LogP) is 2.27. The maximum atomic E-state index is 11.1. The first-order valence-electron chi connectivity index (χ1n) is 5.52. The Bertz CT molecular complexity index is 543. The van der Waals surface area contributed by atoms with Crippen LogP contribution in [0.15, 0.2) is 24.4 Å². The number of hydrogen-bond donors (Lipinski definition) is 0. The number of fused-ring (bicyclic) bond motifs is 1. The molecule has 0 aliphatic rings. The van der Waals surface area contributed by atoms with Gasteiger partial charge in [0, 0.05) is 18.7 Å². The summed E-state index contributed by atoms with van der Waals surface area (Å²) in [6, 6.07) is 5.66. The predicted molar refractivity (Wildman–Crippen MR) is 66.2 cm³/mol. The number of nitrogens with zero attached hydrogens (tertiary/aromatic N) is 2. The van der Waals surface area contributed by atoms with Crippen molar-refractivity contribution in [1.82, 2.24) is 9.55 Å². The molecule has 90 valence electrons. The van der Waals surface area contributed by atoms with Crippen LogP contribution in [0, 0.1) is 0 Å². The zero-order valence-corrected chi connectivity index (χ0v) is 10.3. The molecule has 2 rings (SSSR count). The summed E-state index contributed by atoms with van der Waals surface area (Å²) >= 11 is 0. The molecule has 0 bridgehead atoms. The Morgan fingerprint density at radius 2 is 2.29 bits per heavy atom. The highest BCUT2D eigenvalue weighted by Gasteiger charge is 2.20. The van der Waals surface area contributed by atoms with Crippen molar-refractivity contribution >= 4 is 17.3 Å². The Kier molecular flexibility index (Phi) is 2.98. The molecule has 4 nitrogen and oxygen atoms in total. The quantitative estimate of drug-likeness (QED) is 0.759. The first-order valence-corrected chi connectivity index (χ1v) is 5.52. The highest BCUT2D eigenvalue weighted by atomic mass is 16.5. The minimum Gasteiger partial charge on any atom is -0.377 e. The van der Waals surface area contributed by atoms with Crippen molar-refractivity contribution in [3.63, 3.8) is 0 Å². The molecule has 0 fully saturated rings. The molecule has 2 aromatic rings. The average molecular weight is 232 g/mol. The second-order valence-corrected chi connectivity index (χ2v) is 4.65. The minimum absolute atomic E-state index is 0.332. The Hall–Kier alpha value is -1.68. The van der Waals surface area contributed by atoms with Gasteiger partial charge in [0.15, 0.2) is 6.29 Å². The van der Waals surface area contributed by atoms with Gasteiger partial charge in [-0.3, -0.25) is 4.79 Å². The third kappa shape index (κ3) is 2.22. The fraction of sp³-hybridized carbons (Fsp3) is 0.385. The summed E-state index contributed by atoms with van der Waals surface area (Å²) in [5.41, 5.74) is 1.12. The standard InChI is InChI=1S/C13H16N2O2/c1-13(2,17-3)9-15-11(8-16)7-10-5-4-6-14-12(10)15/h4-8H,9H2,1-3H3. The van der Waals surface area contributed by atoms with E-state index in [1.165, 1.54) is 0 Å². The van der Waals surface area contributed by atoms with E-state index in [9.17, 15) is 4.79 Å². The molecular weight excluding hydrogens is 216 g/mol. The van der Waals surface area contributed by atoms with Gasteiger partial charge in [-0.25, -0.2) is 4.98 Å². The van der Waals surface area contributed by atoms with Crippen LogP contribution in [0.25, 0.3) is 11.0 Å². The molecular formula is C13H16N2O2. The van der Waals surface area contributed by atoms with Gasteiger partial charge in [-0.05, 0) is 32.0 Å². The number of rotatable bonds is 4. The van der Waals surface area contributed by atoms with Gasteiger partial charge >= 0.3 is 0 Å². The molecule has 0 unspecified atom stereocenters. The molecule has 17 heavy (non-hydrogen) atoms. The summed E-state index contributed by atoms with van der Waals surface area (Å²) < 4.78 is 7.29. The normalized spacial score (nSPS) is 11.9. The topological polar surface area (TPSA) is 44.1 Å². The van der Waals surface area contributed by atoms with Crippen LogP contribution in [-0.2, 0) is 11.3 Å². The Balaban J connectivity index is 2.54. The van der Waals surface area contributed by atoms with Crippen molar-refractivity contribution in [3.05, 3.63) is 30.1 Å². The lowest BCUT2D eigenvalue weighted by molar-refractivity contribution is 0.00873. The van der Waals surface area contributed by atoms with Crippen LogP contribution in [0.5, 0.6) is 0 Å². The van der Waals surface area contributed by atoms with E-state index in [0.717, 1.165) is 17.3 Å². The third-order valence-electron chi connectivity index (χ3n) is 2.90. The van der Waals surface area contributed by atoms with Crippen LogP contribution in [0.1, 0.15) is 24.3 Å². The summed E-state index contributed by atoms with van der Waals surface area (Å²) in [6.45, 7) is 4.56. The molecule has 0 N–H and O–H groups in total. The number of pyridine rings is 1. The summed E-state index contributed by atoms with van der Waals surface area (Å²) in [6.07, 6.45) is 2.58. The van der Waals surface area contributed by atoms with Crippen molar-refractivity contribution in [3.8, 4) is 0 Å². The van der Waals surface area contributed by atoms with Crippen LogP contribution in [0.4, 0.5) is 0 Å². The number of aromatic nitrogens is 2. The van der Waals surface area contributed by atoms with E-state index in [-0.39, 0.29) is 5.60 Å². The van der Waals surface area contributed by atoms with E-state index in [2.05, 4.69) is 4.98 Å². The molecule has 0 spiro atoms. The average Bonchev–Trinajstić information content (AvgIpc) is 2.67.